The first-order valence-electron chi connectivity index (χ1n) is 7.50. The van der Waals surface area contributed by atoms with Crippen molar-refractivity contribution in [1.82, 2.24) is 0 Å². The summed E-state index contributed by atoms with van der Waals surface area (Å²) < 4.78 is 0. The van der Waals surface area contributed by atoms with Crippen LogP contribution in [0.3, 0.4) is 0 Å². The van der Waals surface area contributed by atoms with Gasteiger partial charge in [0, 0.05) is 0 Å². The Hall–Kier alpha value is -2.61. The van der Waals surface area contributed by atoms with Crippen LogP contribution in [0.1, 0.15) is 18.1 Å². The number of hydrogen-bond donors (Lipinski definition) is 1. The van der Waals surface area contributed by atoms with Crippen molar-refractivity contribution in [3.05, 3.63) is 71.8 Å². The first-order valence-corrected chi connectivity index (χ1v) is 7.50. The average molecular weight is 290 g/mol. The van der Waals surface area contributed by atoms with Crippen LogP contribution in [0.5, 0.6) is 0 Å². The fourth-order valence-corrected chi connectivity index (χ4v) is 2.89. The van der Waals surface area contributed by atoms with Gasteiger partial charge in [-0.25, -0.2) is 0 Å². The van der Waals surface area contributed by atoms with Crippen molar-refractivity contribution in [1.29, 1.82) is 0 Å². The fraction of sp³-hybridized carbons (Fsp3) is 0.150. The Labute approximate surface area is 130 Å². The molecule has 3 rings (SSSR count). The molecule has 0 aliphatic rings. The first kappa shape index (κ1) is 14.3. The van der Waals surface area contributed by atoms with Crippen LogP contribution in [0.2, 0.25) is 0 Å². The molecule has 0 atom stereocenters. The molecule has 1 N–H and O–H groups in total. The Morgan fingerprint density at radius 1 is 0.955 bits per heavy atom. The van der Waals surface area contributed by atoms with Crippen LogP contribution in [0, 0.1) is 0 Å². The average Bonchev–Trinajstić information content (AvgIpc) is 2.55. The first-order chi connectivity index (χ1) is 10.7. The van der Waals surface area contributed by atoms with Crippen LogP contribution in [0.15, 0.2) is 60.7 Å². The summed E-state index contributed by atoms with van der Waals surface area (Å²) in [5.41, 5.74) is 4.49. The van der Waals surface area contributed by atoms with Crippen molar-refractivity contribution < 1.29 is 9.90 Å². The highest BCUT2D eigenvalue weighted by Gasteiger charge is 2.10. The van der Waals surface area contributed by atoms with Crippen molar-refractivity contribution in [3.63, 3.8) is 0 Å². The smallest absolute Gasteiger partial charge is 0.307 e. The zero-order valence-corrected chi connectivity index (χ0v) is 12.5. The lowest BCUT2D eigenvalue weighted by molar-refractivity contribution is -0.136. The quantitative estimate of drug-likeness (QED) is 0.756. The standard InChI is InChI=1S/C20H18O2/c1-2-14-6-5-7-15(12-14)18-11-10-16(13-20(21)22)17-8-3-4-9-19(17)18/h3-12H,2,13H2,1H3,(H,21,22). The topological polar surface area (TPSA) is 37.3 Å². The minimum atomic E-state index is -0.800. The van der Waals surface area contributed by atoms with Gasteiger partial charge in [0.2, 0.25) is 0 Å². The molecule has 0 radical (unpaired) electrons. The SMILES string of the molecule is CCc1cccc(-c2ccc(CC(=O)O)c3ccccc23)c1. The third-order valence-electron chi connectivity index (χ3n) is 4.00. The third kappa shape index (κ3) is 2.73. The second kappa shape index (κ2) is 6.02. The molecule has 3 aromatic carbocycles. The summed E-state index contributed by atoms with van der Waals surface area (Å²) in [7, 11) is 0. The predicted molar refractivity (Wildman–Crippen MR) is 90.1 cm³/mol. The van der Waals surface area contributed by atoms with Crippen LogP contribution < -0.4 is 0 Å². The van der Waals surface area contributed by atoms with E-state index >= 15 is 0 Å². The second-order valence-electron chi connectivity index (χ2n) is 5.44. The van der Waals surface area contributed by atoms with Crippen LogP contribution in [0.25, 0.3) is 21.9 Å². The molecule has 0 aliphatic heterocycles. The molecule has 2 nitrogen and oxygen atoms in total. The van der Waals surface area contributed by atoms with Crippen LogP contribution in [-0.2, 0) is 17.6 Å². The van der Waals surface area contributed by atoms with Crippen molar-refractivity contribution in [2.45, 2.75) is 19.8 Å². The summed E-state index contributed by atoms with van der Waals surface area (Å²) in [6.45, 7) is 2.15. The van der Waals surface area contributed by atoms with Gasteiger partial charge in [0.1, 0.15) is 0 Å². The lowest BCUT2D eigenvalue weighted by atomic mass is 9.93. The highest BCUT2D eigenvalue weighted by molar-refractivity contribution is 5.99. The summed E-state index contributed by atoms with van der Waals surface area (Å²) in [6.07, 6.45) is 1.05. The van der Waals surface area contributed by atoms with Gasteiger partial charge in [0.15, 0.2) is 0 Å². The van der Waals surface area contributed by atoms with Gasteiger partial charge in [-0.2, -0.15) is 0 Å². The normalized spacial score (nSPS) is 10.8. The molecule has 0 bridgehead atoms. The summed E-state index contributed by atoms with van der Waals surface area (Å²) >= 11 is 0. The molecule has 0 aliphatic carbocycles. The molecule has 0 unspecified atom stereocenters. The number of fused-ring (bicyclic) bond motifs is 1. The number of carboxylic acids is 1. The van der Waals surface area contributed by atoms with Crippen molar-refractivity contribution in [2.75, 3.05) is 0 Å². The van der Waals surface area contributed by atoms with Crippen LogP contribution in [0.4, 0.5) is 0 Å². The van der Waals surface area contributed by atoms with E-state index in [0.29, 0.717) is 0 Å². The molecular weight excluding hydrogens is 272 g/mol. The maximum Gasteiger partial charge on any atom is 0.307 e. The number of aliphatic carboxylic acids is 1. The Morgan fingerprint density at radius 3 is 2.45 bits per heavy atom. The maximum absolute atomic E-state index is 11.1. The fourth-order valence-electron chi connectivity index (χ4n) is 2.89. The number of hydrogen-bond acceptors (Lipinski definition) is 1. The number of benzene rings is 3. The number of aryl methyl sites for hydroxylation is 1. The van der Waals surface area contributed by atoms with Gasteiger partial charge >= 0.3 is 5.97 Å². The van der Waals surface area contributed by atoms with Crippen molar-refractivity contribution >= 4 is 16.7 Å². The molecule has 0 aromatic heterocycles. The summed E-state index contributed by atoms with van der Waals surface area (Å²) in [5.74, 6) is -0.800. The monoisotopic (exact) mass is 290 g/mol. The van der Waals surface area contributed by atoms with Crippen LogP contribution >= 0.6 is 0 Å². The number of carboxylic acid groups (broad SMARTS) is 1. The van der Waals surface area contributed by atoms with Gasteiger partial charge in [0.25, 0.3) is 0 Å². The Balaban J connectivity index is 2.21. The molecule has 0 spiro atoms. The summed E-state index contributed by atoms with van der Waals surface area (Å²) in [5, 5.41) is 11.2. The van der Waals surface area contributed by atoms with Gasteiger partial charge in [0.05, 0.1) is 6.42 Å². The molecule has 110 valence electrons. The third-order valence-corrected chi connectivity index (χ3v) is 4.00. The Bertz CT molecular complexity index is 834. The van der Waals surface area contributed by atoms with Gasteiger partial charge in [-0.15, -0.1) is 0 Å². The van der Waals surface area contributed by atoms with Gasteiger partial charge < -0.3 is 5.11 Å². The summed E-state index contributed by atoms with van der Waals surface area (Å²) in [6, 6.07) is 20.5. The zero-order chi connectivity index (χ0) is 15.5. The predicted octanol–water partition coefficient (Wildman–Crippen LogP) is 4.70. The van der Waals surface area contributed by atoms with E-state index in [-0.39, 0.29) is 6.42 Å². The van der Waals surface area contributed by atoms with Gasteiger partial charge in [-0.1, -0.05) is 67.6 Å². The second-order valence-corrected chi connectivity index (χ2v) is 5.44. The molecule has 0 fully saturated rings. The van der Waals surface area contributed by atoms with E-state index in [1.807, 2.05) is 30.3 Å². The molecule has 0 saturated carbocycles. The van der Waals surface area contributed by atoms with Gasteiger partial charge in [-0.05, 0) is 39.4 Å². The van der Waals surface area contributed by atoms with Gasteiger partial charge in [-0.3, -0.25) is 4.79 Å². The number of carbonyl (C=O) groups is 1. The van der Waals surface area contributed by atoms with E-state index in [9.17, 15) is 4.79 Å². The molecule has 0 heterocycles. The molecule has 0 amide bonds. The van der Waals surface area contributed by atoms with E-state index < -0.39 is 5.97 Å². The zero-order valence-electron chi connectivity index (χ0n) is 12.5. The Morgan fingerprint density at radius 2 is 1.73 bits per heavy atom. The van der Waals surface area contributed by atoms with Crippen molar-refractivity contribution in [3.8, 4) is 11.1 Å². The van der Waals surface area contributed by atoms with E-state index in [4.69, 9.17) is 5.11 Å². The highest BCUT2D eigenvalue weighted by Crippen LogP contribution is 2.31. The lowest BCUT2D eigenvalue weighted by Gasteiger charge is -2.11. The van der Waals surface area contributed by atoms with E-state index in [0.717, 1.165) is 28.3 Å². The van der Waals surface area contributed by atoms with E-state index in [1.54, 1.807) is 0 Å². The largest absolute Gasteiger partial charge is 0.481 e. The highest BCUT2D eigenvalue weighted by atomic mass is 16.4. The van der Waals surface area contributed by atoms with Crippen LogP contribution in [-0.4, -0.2) is 11.1 Å². The number of rotatable bonds is 4. The van der Waals surface area contributed by atoms with Crippen molar-refractivity contribution in [2.24, 2.45) is 0 Å². The maximum atomic E-state index is 11.1. The molecule has 22 heavy (non-hydrogen) atoms. The molecule has 3 aromatic rings. The molecule has 2 heteroatoms. The van der Waals surface area contributed by atoms with E-state index in [2.05, 4.69) is 37.3 Å². The van der Waals surface area contributed by atoms with E-state index in [1.165, 1.54) is 11.1 Å². The Kier molecular flexibility index (Phi) is 3.92. The molecule has 0 saturated heterocycles. The minimum Gasteiger partial charge on any atom is -0.481 e. The minimum absolute atomic E-state index is 0.0514. The summed E-state index contributed by atoms with van der Waals surface area (Å²) in [4.78, 5) is 11.1. The molecular formula is C20H18O2. The lowest BCUT2D eigenvalue weighted by Crippen LogP contribution is -2.01.